The van der Waals surface area contributed by atoms with E-state index in [0.717, 1.165) is 17.1 Å². The third kappa shape index (κ3) is 2.91. The first-order chi connectivity index (χ1) is 12.1. The van der Waals surface area contributed by atoms with Gasteiger partial charge in [-0.15, -0.1) is 0 Å². The molecule has 25 heavy (non-hydrogen) atoms. The second kappa shape index (κ2) is 6.12. The van der Waals surface area contributed by atoms with E-state index in [1.54, 1.807) is 6.07 Å². The largest absolute Gasteiger partial charge is 0.486 e. The van der Waals surface area contributed by atoms with E-state index < -0.39 is 0 Å². The Morgan fingerprint density at radius 1 is 1.28 bits per heavy atom. The Labute approximate surface area is 145 Å². The zero-order valence-electron chi connectivity index (χ0n) is 14.2. The van der Waals surface area contributed by atoms with Gasteiger partial charge in [0.25, 0.3) is 5.91 Å². The van der Waals surface area contributed by atoms with Crippen molar-refractivity contribution < 1.29 is 14.3 Å². The maximum atomic E-state index is 12.6. The number of aromatic nitrogens is 2. The molecule has 1 unspecified atom stereocenters. The lowest BCUT2D eigenvalue weighted by Crippen LogP contribution is -2.40. The number of hydrogen-bond acceptors (Lipinski definition) is 4. The van der Waals surface area contributed by atoms with Gasteiger partial charge in [0.15, 0.2) is 11.5 Å². The molecule has 2 aromatic heterocycles. The van der Waals surface area contributed by atoms with Crippen molar-refractivity contribution in [1.29, 1.82) is 0 Å². The summed E-state index contributed by atoms with van der Waals surface area (Å²) in [5, 5.41) is 2.92. The van der Waals surface area contributed by atoms with Crippen molar-refractivity contribution in [2.24, 2.45) is 0 Å². The molecule has 1 N–H and O–H groups in total. The van der Waals surface area contributed by atoms with Crippen LogP contribution < -0.4 is 14.8 Å². The number of rotatable bonds is 3. The number of amides is 1. The fourth-order valence-electron chi connectivity index (χ4n) is 3.04. The number of nitrogens with zero attached hydrogens (tertiary/aromatic N) is 2. The highest BCUT2D eigenvalue weighted by atomic mass is 16.6. The van der Waals surface area contributed by atoms with Gasteiger partial charge in [-0.25, -0.2) is 4.98 Å². The molecular weight excluding hydrogens is 318 g/mol. The van der Waals surface area contributed by atoms with E-state index in [1.165, 1.54) is 0 Å². The highest BCUT2D eigenvalue weighted by Gasteiger charge is 2.22. The van der Waals surface area contributed by atoms with Gasteiger partial charge in [-0.1, -0.05) is 12.1 Å². The van der Waals surface area contributed by atoms with Crippen molar-refractivity contribution in [1.82, 2.24) is 14.7 Å². The predicted octanol–water partition coefficient (Wildman–Crippen LogP) is 2.52. The quantitative estimate of drug-likeness (QED) is 0.798. The third-order valence-corrected chi connectivity index (χ3v) is 4.24. The summed E-state index contributed by atoms with van der Waals surface area (Å²) in [6.45, 7) is 4.69. The van der Waals surface area contributed by atoms with Gasteiger partial charge in [-0.05, 0) is 38.1 Å². The van der Waals surface area contributed by atoms with Gasteiger partial charge in [0.05, 0.1) is 12.1 Å². The predicted molar refractivity (Wildman–Crippen MR) is 93.4 cm³/mol. The molecule has 0 fully saturated rings. The first kappa shape index (κ1) is 15.5. The number of carbonyl (C=O) groups is 1. The third-order valence-electron chi connectivity index (χ3n) is 4.24. The maximum Gasteiger partial charge on any atom is 0.255 e. The van der Waals surface area contributed by atoms with Crippen molar-refractivity contribution in [3.05, 3.63) is 59.5 Å². The van der Waals surface area contributed by atoms with E-state index in [2.05, 4.69) is 10.3 Å². The van der Waals surface area contributed by atoms with Crippen molar-refractivity contribution in [2.75, 3.05) is 13.2 Å². The summed E-state index contributed by atoms with van der Waals surface area (Å²) >= 11 is 0. The number of ether oxygens (including phenoxy) is 2. The summed E-state index contributed by atoms with van der Waals surface area (Å²) in [5.41, 5.74) is 3.16. The molecule has 0 saturated carbocycles. The Morgan fingerprint density at radius 2 is 2.08 bits per heavy atom. The van der Waals surface area contributed by atoms with E-state index in [0.29, 0.717) is 30.1 Å². The second-order valence-electron chi connectivity index (χ2n) is 6.17. The van der Waals surface area contributed by atoms with Gasteiger partial charge in [-0.2, -0.15) is 0 Å². The van der Waals surface area contributed by atoms with Gasteiger partial charge < -0.3 is 19.2 Å². The first-order valence-corrected chi connectivity index (χ1v) is 8.24. The molecular formula is C19H19N3O3. The number of carbonyl (C=O) groups excluding carboxylic acids is 1. The molecule has 1 aromatic carbocycles. The normalized spacial score (nSPS) is 16.0. The van der Waals surface area contributed by atoms with Crippen LogP contribution in [0.1, 0.15) is 21.7 Å². The van der Waals surface area contributed by atoms with Gasteiger partial charge in [0.1, 0.15) is 18.4 Å². The number of fused-ring (bicyclic) bond motifs is 2. The Bertz CT molecular complexity index is 948. The summed E-state index contributed by atoms with van der Waals surface area (Å²) < 4.78 is 13.4. The molecule has 0 bridgehead atoms. The van der Waals surface area contributed by atoms with Crippen LogP contribution in [0.15, 0.2) is 42.6 Å². The molecule has 0 spiro atoms. The molecule has 1 aliphatic heterocycles. The van der Waals surface area contributed by atoms with Crippen LogP contribution in [0.5, 0.6) is 11.5 Å². The summed E-state index contributed by atoms with van der Waals surface area (Å²) in [7, 11) is 0. The molecule has 1 aliphatic rings. The molecule has 6 nitrogen and oxygen atoms in total. The van der Waals surface area contributed by atoms with E-state index in [1.807, 2.05) is 54.8 Å². The molecule has 0 saturated heterocycles. The molecule has 0 radical (unpaired) electrons. The number of aryl methyl sites for hydroxylation is 2. The number of para-hydroxylation sites is 2. The van der Waals surface area contributed by atoms with Crippen molar-refractivity contribution >= 4 is 11.6 Å². The van der Waals surface area contributed by atoms with Crippen LogP contribution in [-0.2, 0) is 0 Å². The molecule has 3 heterocycles. The Hall–Kier alpha value is -3.02. The topological polar surface area (TPSA) is 64.9 Å². The van der Waals surface area contributed by atoms with Gasteiger partial charge >= 0.3 is 0 Å². The number of benzene rings is 1. The average Bonchev–Trinajstić information content (AvgIpc) is 3.03. The Balaban J connectivity index is 1.47. The van der Waals surface area contributed by atoms with E-state index in [9.17, 15) is 4.79 Å². The fraction of sp³-hybridized carbons (Fsp3) is 0.263. The molecule has 1 atom stereocenters. The van der Waals surface area contributed by atoms with E-state index in [-0.39, 0.29) is 12.0 Å². The molecule has 3 aromatic rings. The highest BCUT2D eigenvalue weighted by molar-refractivity contribution is 6.00. The number of nitrogens with one attached hydrogen (secondary N) is 1. The first-order valence-electron chi connectivity index (χ1n) is 8.24. The van der Waals surface area contributed by atoms with Crippen LogP contribution in [0.4, 0.5) is 0 Å². The van der Waals surface area contributed by atoms with Crippen LogP contribution >= 0.6 is 0 Å². The van der Waals surface area contributed by atoms with Crippen LogP contribution in [0.3, 0.4) is 0 Å². The lowest BCUT2D eigenvalue weighted by Gasteiger charge is -2.26. The van der Waals surface area contributed by atoms with Gasteiger partial charge in [0.2, 0.25) is 0 Å². The lowest BCUT2D eigenvalue weighted by molar-refractivity contribution is 0.0790. The van der Waals surface area contributed by atoms with Crippen LogP contribution in [-0.4, -0.2) is 34.5 Å². The minimum absolute atomic E-state index is 0.164. The molecule has 4 rings (SSSR count). The summed E-state index contributed by atoms with van der Waals surface area (Å²) in [6, 6.07) is 11.3. The van der Waals surface area contributed by atoms with E-state index in [4.69, 9.17) is 9.47 Å². The highest BCUT2D eigenvalue weighted by Crippen LogP contribution is 2.30. The fourth-order valence-corrected chi connectivity index (χ4v) is 3.04. The molecule has 128 valence electrons. The zero-order chi connectivity index (χ0) is 17.4. The molecule has 6 heteroatoms. The lowest BCUT2D eigenvalue weighted by atomic mass is 10.2. The summed E-state index contributed by atoms with van der Waals surface area (Å²) in [4.78, 5) is 17.1. The smallest absolute Gasteiger partial charge is 0.255 e. The van der Waals surface area contributed by atoms with E-state index >= 15 is 0 Å². The average molecular weight is 337 g/mol. The number of hydrogen-bond donors (Lipinski definition) is 1. The molecule has 1 amide bonds. The second-order valence-corrected chi connectivity index (χ2v) is 6.17. The zero-order valence-corrected chi connectivity index (χ0v) is 14.2. The van der Waals surface area contributed by atoms with Gasteiger partial charge in [-0.3, -0.25) is 4.79 Å². The summed E-state index contributed by atoms with van der Waals surface area (Å²) in [6.07, 6.45) is 1.65. The standard InChI is InChI=1S/C19H19N3O3/c1-12-9-13(2)22-8-7-15(18(22)21-12)19(23)20-10-14-11-24-16-5-3-4-6-17(16)25-14/h3-9,14H,10-11H2,1-2H3,(H,20,23). The summed E-state index contributed by atoms with van der Waals surface area (Å²) in [5.74, 6) is 1.27. The van der Waals surface area contributed by atoms with Gasteiger partial charge in [0, 0.05) is 17.6 Å². The maximum absolute atomic E-state index is 12.6. The minimum Gasteiger partial charge on any atom is -0.486 e. The van der Waals surface area contributed by atoms with Crippen LogP contribution in [0.2, 0.25) is 0 Å². The monoisotopic (exact) mass is 337 g/mol. The van der Waals surface area contributed by atoms with Crippen LogP contribution in [0, 0.1) is 13.8 Å². The molecule has 0 aliphatic carbocycles. The Kier molecular flexibility index (Phi) is 3.80. The van der Waals surface area contributed by atoms with Crippen molar-refractivity contribution in [3.63, 3.8) is 0 Å². The SMILES string of the molecule is Cc1cc(C)n2ccc(C(=O)NCC3COc4ccccc4O3)c2n1. The van der Waals surface area contributed by atoms with Crippen molar-refractivity contribution in [3.8, 4) is 11.5 Å². The Morgan fingerprint density at radius 3 is 2.92 bits per heavy atom. The van der Waals surface area contributed by atoms with Crippen molar-refractivity contribution in [2.45, 2.75) is 20.0 Å². The van der Waals surface area contributed by atoms with Crippen LogP contribution in [0.25, 0.3) is 5.65 Å². The minimum atomic E-state index is -0.218.